The Bertz CT molecular complexity index is 966. The number of aryl methyl sites for hydroxylation is 1. The molecule has 0 aliphatic rings. The zero-order chi connectivity index (χ0) is 19.4. The second kappa shape index (κ2) is 8.28. The van der Waals surface area contributed by atoms with Crippen molar-refractivity contribution in [1.29, 1.82) is 0 Å². The molecule has 0 saturated heterocycles. The predicted octanol–water partition coefficient (Wildman–Crippen LogP) is 1.91. The molecule has 6 nitrogen and oxygen atoms in total. The summed E-state index contributed by atoms with van der Waals surface area (Å²) in [6.45, 7) is 4.07. The first-order valence-electron chi connectivity index (χ1n) is 8.78. The van der Waals surface area contributed by atoms with Crippen LogP contribution in [0.2, 0.25) is 0 Å². The van der Waals surface area contributed by atoms with Crippen LogP contribution in [0.5, 0.6) is 0 Å². The van der Waals surface area contributed by atoms with Crippen LogP contribution in [-0.2, 0) is 9.59 Å². The number of hydrogen-bond acceptors (Lipinski definition) is 4. The molecule has 0 bridgehead atoms. The fourth-order valence-electron chi connectivity index (χ4n) is 2.60. The second-order valence-electron chi connectivity index (χ2n) is 6.46. The number of nitrogens with one attached hydrogen (secondary N) is 2. The number of quaternary nitrogens is 1. The van der Waals surface area contributed by atoms with E-state index in [-0.39, 0.29) is 24.4 Å². The zero-order valence-electron chi connectivity index (χ0n) is 15.6. The van der Waals surface area contributed by atoms with Gasteiger partial charge >= 0.3 is 0 Å². The molecule has 3 rings (SSSR count). The van der Waals surface area contributed by atoms with Crippen molar-refractivity contribution in [3.63, 3.8) is 0 Å². The molecule has 2 amide bonds. The van der Waals surface area contributed by atoms with Gasteiger partial charge in [0.05, 0.1) is 10.2 Å². The minimum absolute atomic E-state index is 0.106. The number of hydrogen-bond donors (Lipinski definition) is 3. The van der Waals surface area contributed by atoms with E-state index in [0.29, 0.717) is 0 Å². The number of carbonyl (C=O) groups excluding carboxylic acids is 2. The Balaban J connectivity index is 1.65. The highest BCUT2D eigenvalue weighted by Gasteiger charge is 2.17. The van der Waals surface area contributed by atoms with Crippen LogP contribution in [0.4, 0.5) is 5.69 Å². The molecule has 1 atom stereocenters. The second-order valence-corrected chi connectivity index (χ2v) is 7.49. The van der Waals surface area contributed by atoms with Crippen LogP contribution >= 0.6 is 11.3 Å². The van der Waals surface area contributed by atoms with E-state index in [9.17, 15) is 9.59 Å². The number of benzene rings is 2. The lowest BCUT2D eigenvalue weighted by Gasteiger charge is -2.11. The van der Waals surface area contributed by atoms with Gasteiger partial charge in [0.1, 0.15) is 5.01 Å². The van der Waals surface area contributed by atoms with Gasteiger partial charge in [-0.2, -0.15) is 0 Å². The molecule has 1 aromatic heterocycles. The monoisotopic (exact) mass is 383 g/mol. The maximum atomic E-state index is 12.2. The highest BCUT2D eigenvalue weighted by molar-refractivity contribution is 7.21. The Morgan fingerprint density at radius 2 is 1.93 bits per heavy atom. The lowest BCUT2D eigenvalue weighted by molar-refractivity contribution is -0.662. The molecule has 140 valence electrons. The van der Waals surface area contributed by atoms with Gasteiger partial charge in [0.15, 0.2) is 12.6 Å². The summed E-state index contributed by atoms with van der Waals surface area (Å²) < 4.78 is 1.17. The highest BCUT2D eigenvalue weighted by Crippen LogP contribution is 2.31. The summed E-state index contributed by atoms with van der Waals surface area (Å²) in [6.07, 6.45) is 0. The Morgan fingerprint density at radius 3 is 2.63 bits per heavy atom. The SMILES string of the molecule is CNC(=O)C[NH2+][C@@H](C)C(=O)Nc1ccc(-c2nc3ccc(C)cc3s2)cc1. The summed E-state index contributed by atoms with van der Waals surface area (Å²) in [4.78, 5) is 28.2. The molecular weight excluding hydrogens is 360 g/mol. The molecule has 7 heteroatoms. The standard InChI is InChI=1S/C20H22N4O2S/c1-12-4-9-16-17(10-12)27-20(24-16)14-5-7-15(8-6-14)23-19(26)13(2)22-11-18(25)21-3/h4-10,13,22H,11H2,1-3H3,(H,21,25)(H,23,26)/p+1/t13-/m0/s1. The summed E-state index contributed by atoms with van der Waals surface area (Å²) in [5, 5.41) is 8.07. The Labute approximate surface area is 162 Å². The van der Waals surface area contributed by atoms with Gasteiger partial charge in [-0.3, -0.25) is 9.59 Å². The van der Waals surface area contributed by atoms with Crippen molar-refractivity contribution < 1.29 is 14.9 Å². The lowest BCUT2D eigenvalue weighted by Crippen LogP contribution is -2.93. The van der Waals surface area contributed by atoms with Crippen molar-refractivity contribution in [1.82, 2.24) is 10.3 Å². The van der Waals surface area contributed by atoms with E-state index in [2.05, 4.69) is 34.7 Å². The maximum absolute atomic E-state index is 12.2. The first kappa shape index (κ1) is 19.0. The van der Waals surface area contributed by atoms with Gasteiger partial charge in [-0.15, -0.1) is 11.3 Å². The van der Waals surface area contributed by atoms with Crippen LogP contribution in [0.25, 0.3) is 20.8 Å². The van der Waals surface area contributed by atoms with Crippen molar-refractivity contribution in [2.24, 2.45) is 0 Å². The van der Waals surface area contributed by atoms with Crippen LogP contribution < -0.4 is 16.0 Å². The molecule has 0 aliphatic carbocycles. The first-order chi connectivity index (χ1) is 13.0. The van der Waals surface area contributed by atoms with E-state index in [1.54, 1.807) is 30.6 Å². The molecule has 0 spiro atoms. The minimum atomic E-state index is -0.352. The molecule has 0 saturated carbocycles. The average molecular weight is 383 g/mol. The van der Waals surface area contributed by atoms with Crippen LogP contribution in [0.1, 0.15) is 12.5 Å². The van der Waals surface area contributed by atoms with E-state index in [4.69, 9.17) is 0 Å². The minimum Gasteiger partial charge on any atom is -0.354 e. The van der Waals surface area contributed by atoms with Crippen LogP contribution in [-0.4, -0.2) is 36.4 Å². The zero-order valence-corrected chi connectivity index (χ0v) is 16.4. The molecule has 27 heavy (non-hydrogen) atoms. The normalized spacial score (nSPS) is 12.0. The van der Waals surface area contributed by atoms with Gasteiger partial charge < -0.3 is 16.0 Å². The van der Waals surface area contributed by atoms with Gasteiger partial charge in [0.25, 0.3) is 11.8 Å². The fourth-order valence-corrected chi connectivity index (χ4v) is 3.67. The number of rotatable bonds is 6. The van der Waals surface area contributed by atoms with Gasteiger partial charge in [-0.25, -0.2) is 4.98 Å². The van der Waals surface area contributed by atoms with Crippen molar-refractivity contribution >= 4 is 39.1 Å². The van der Waals surface area contributed by atoms with Crippen LogP contribution in [0.3, 0.4) is 0 Å². The summed E-state index contributed by atoms with van der Waals surface area (Å²) in [7, 11) is 1.58. The molecule has 0 fully saturated rings. The largest absolute Gasteiger partial charge is 0.354 e. The van der Waals surface area contributed by atoms with E-state index in [1.165, 1.54) is 10.3 Å². The Kier molecular flexibility index (Phi) is 5.83. The molecule has 4 N–H and O–H groups in total. The van der Waals surface area contributed by atoms with E-state index < -0.39 is 0 Å². The molecule has 1 heterocycles. The van der Waals surface area contributed by atoms with Gasteiger partial charge in [-0.1, -0.05) is 6.07 Å². The van der Waals surface area contributed by atoms with E-state index in [1.807, 2.05) is 30.3 Å². The summed E-state index contributed by atoms with van der Waals surface area (Å²) in [5.41, 5.74) is 3.96. The fraction of sp³-hybridized carbons (Fsp3) is 0.250. The number of nitrogens with zero attached hydrogens (tertiary/aromatic N) is 1. The number of fused-ring (bicyclic) bond motifs is 1. The van der Waals surface area contributed by atoms with Crippen molar-refractivity contribution in [2.75, 3.05) is 18.9 Å². The van der Waals surface area contributed by atoms with E-state index >= 15 is 0 Å². The smallest absolute Gasteiger partial charge is 0.282 e. The van der Waals surface area contributed by atoms with Crippen LogP contribution in [0, 0.1) is 6.92 Å². The number of thiazole rings is 1. The quantitative estimate of drug-likeness (QED) is 0.608. The summed E-state index contributed by atoms with van der Waals surface area (Å²) >= 11 is 1.66. The topological polar surface area (TPSA) is 87.7 Å². The molecule has 0 unspecified atom stereocenters. The average Bonchev–Trinajstić information content (AvgIpc) is 3.09. The highest BCUT2D eigenvalue weighted by atomic mass is 32.1. The maximum Gasteiger partial charge on any atom is 0.282 e. The third-order valence-corrected chi connectivity index (χ3v) is 5.36. The van der Waals surface area contributed by atoms with E-state index in [0.717, 1.165) is 21.8 Å². The van der Waals surface area contributed by atoms with Crippen molar-refractivity contribution in [2.45, 2.75) is 19.9 Å². The molecule has 0 radical (unpaired) electrons. The summed E-state index contributed by atoms with van der Waals surface area (Å²) in [6, 6.07) is 13.5. The molecule has 3 aromatic rings. The Morgan fingerprint density at radius 1 is 1.19 bits per heavy atom. The van der Waals surface area contributed by atoms with Gasteiger partial charge in [0, 0.05) is 18.3 Å². The first-order valence-corrected chi connectivity index (χ1v) is 9.60. The van der Waals surface area contributed by atoms with Gasteiger partial charge in [0.2, 0.25) is 0 Å². The Hall–Kier alpha value is -2.77. The molecule has 0 aliphatic heterocycles. The van der Waals surface area contributed by atoms with Crippen LogP contribution in [0.15, 0.2) is 42.5 Å². The molecular formula is C20H23N4O2S+. The van der Waals surface area contributed by atoms with Gasteiger partial charge in [-0.05, 0) is 55.8 Å². The predicted molar refractivity (Wildman–Crippen MR) is 109 cm³/mol. The molecule has 2 aromatic carbocycles. The third-order valence-electron chi connectivity index (χ3n) is 4.29. The van der Waals surface area contributed by atoms with Crippen molar-refractivity contribution in [3.8, 4) is 10.6 Å². The number of likely N-dealkylation sites (N-methyl/N-ethyl adjacent to an activating group) is 1. The third kappa shape index (κ3) is 4.69. The van der Waals surface area contributed by atoms with Crippen molar-refractivity contribution in [3.05, 3.63) is 48.0 Å². The summed E-state index contributed by atoms with van der Waals surface area (Å²) in [5.74, 6) is -0.243. The number of amides is 2. The number of nitrogens with two attached hydrogens (primary N) is 1. The number of anilines is 1. The number of aromatic nitrogens is 1. The lowest BCUT2D eigenvalue weighted by atomic mass is 10.2. The number of carbonyl (C=O) groups is 2.